The fourth-order valence-corrected chi connectivity index (χ4v) is 7.23. The van der Waals surface area contributed by atoms with Gasteiger partial charge in [-0.3, -0.25) is 9.59 Å². The van der Waals surface area contributed by atoms with Crippen LogP contribution in [0, 0.1) is 22.7 Å². The van der Waals surface area contributed by atoms with Crippen molar-refractivity contribution in [3.8, 4) is 6.07 Å². The van der Waals surface area contributed by atoms with Gasteiger partial charge < -0.3 is 15.2 Å². The topological polar surface area (TPSA) is 113 Å². The predicted octanol–water partition coefficient (Wildman–Crippen LogP) is 6.91. The van der Waals surface area contributed by atoms with Gasteiger partial charge in [0, 0.05) is 17.0 Å². The Morgan fingerprint density at radius 3 is 2.67 bits per heavy atom. The van der Waals surface area contributed by atoms with E-state index in [9.17, 15) is 14.9 Å². The van der Waals surface area contributed by atoms with E-state index < -0.39 is 6.04 Å². The van der Waals surface area contributed by atoms with Crippen LogP contribution in [0.2, 0.25) is 10.0 Å². The summed E-state index contributed by atoms with van der Waals surface area (Å²) in [5.74, 6) is 0.715. The van der Waals surface area contributed by atoms with Gasteiger partial charge in [0.1, 0.15) is 11.1 Å². The molecule has 0 radical (unpaired) electrons. The van der Waals surface area contributed by atoms with Gasteiger partial charge in [0.25, 0.3) is 5.91 Å². The molecule has 2 aromatic heterocycles. The SMILES string of the molecule is CCn1c(SCC(=O)Nc2sc3c(c2C#N)CC[C@@H](C(C)(C)C)C3)nnc1[C@@H](C)NC(=O)c1ccc(Cl)c(Cl)c1. The lowest BCUT2D eigenvalue weighted by atomic mass is 9.72. The summed E-state index contributed by atoms with van der Waals surface area (Å²) < 4.78 is 1.87. The van der Waals surface area contributed by atoms with E-state index in [0.717, 1.165) is 24.8 Å². The molecule has 40 heavy (non-hydrogen) atoms. The molecule has 3 aromatic rings. The number of nitrogens with zero attached hydrogens (tertiary/aromatic N) is 4. The molecule has 0 saturated carbocycles. The van der Waals surface area contributed by atoms with Gasteiger partial charge in [0.05, 0.1) is 27.4 Å². The largest absolute Gasteiger partial charge is 0.342 e. The Labute approximate surface area is 252 Å². The van der Waals surface area contributed by atoms with E-state index in [0.29, 0.717) is 49.6 Å². The maximum atomic E-state index is 12.9. The molecule has 12 heteroatoms. The third-order valence-corrected chi connectivity index (χ3v) is 10.0. The summed E-state index contributed by atoms with van der Waals surface area (Å²) in [7, 11) is 0. The van der Waals surface area contributed by atoms with E-state index in [-0.39, 0.29) is 23.0 Å². The Bertz CT molecular complexity index is 1470. The monoisotopic (exact) mass is 618 g/mol. The fraction of sp³-hybridized carbons (Fsp3) is 0.464. The van der Waals surface area contributed by atoms with Gasteiger partial charge in [0.15, 0.2) is 11.0 Å². The number of hydrogen-bond donors (Lipinski definition) is 2. The molecular formula is C28H32Cl2N6O2S2. The molecule has 0 bridgehead atoms. The molecule has 1 aliphatic rings. The molecule has 0 aliphatic heterocycles. The first-order valence-electron chi connectivity index (χ1n) is 13.1. The number of thiophene rings is 1. The van der Waals surface area contributed by atoms with Gasteiger partial charge in [-0.15, -0.1) is 21.5 Å². The number of aromatic nitrogens is 3. The van der Waals surface area contributed by atoms with Crippen LogP contribution in [0.1, 0.15) is 79.3 Å². The Balaban J connectivity index is 1.40. The van der Waals surface area contributed by atoms with Crippen molar-refractivity contribution in [2.45, 2.75) is 71.6 Å². The van der Waals surface area contributed by atoms with Crippen LogP contribution in [0.5, 0.6) is 0 Å². The first-order chi connectivity index (χ1) is 18.9. The number of carbonyl (C=O) groups is 2. The van der Waals surface area contributed by atoms with E-state index in [1.807, 2.05) is 18.4 Å². The van der Waals surface area contributed by atoms with Crippen LogP contribution >= 0.6 is 46.3 Å². The van der Waals surface area contributed by atoms with Crippen LogP contribution in [0.15, 0.2) is 23.4 Å². The van der Waals surface area contributed by atoms with Gasteiger partial charge in [-0.25, -0.2) is 0 Å². The lowest BCUT2D eigenvalue weighted by molar-refractivity contribution is -0.113. The third kappa shape index (κ3) is 6.65. The van der Waals surface area contributed by atoms with Gasteiger partial charge in [-0.2, -0.15) is 5.26 Å². The van der Waals surface area contributed by atoms with Crippen molar-refractivity contribution in [2.24, 2.45) is 11.3 Å². The van der Waals surface area contributed by atoms with Crippen molar-refractivity contribution in [1.29, 1.82) is 5.26 Å². The molecule has 2 heterocycles. The van der Waals surface area contributed by atoms with E-state index in [4.69, 9.17) is 23.2 Å². The van der Waals surface area contributed by atoms with Crippen molar-refractivity contribution < 1.29 is 9.59 Å². The second-order valence-electron chi connectivity index (χ2n) is 10.9. The van der Waals surface area contributed by atoms with Crippen molar-refractivity contribution >= 4 is 63.1 Å². The highest BCUT2D eigenvalue weighted by atomic mass is 35.5. The Morgan fingerprint density at radius 1 is 1.27 bits per heavy atom. The molecule has 2 atom stereocenters. The first kappa shape index (κ1) is 30.4. The van der Waals surface area contributed by atoms with Crippen LogP contribution in [-0.4, -0.2) is 32.3 Å². The zero-order valence-corrected chi connectivity index (χ0v) is 26.2. The minimum Gasteiger partial charge on any atom is -0.342 e. The van der Waals surface area contributed by atoms with E-state index >= 15 is 0 Å². The highest BCUT2D eigenvalue weighted by Crippen LogP contribution is 2.44. The number of carbonyl (C=O) groups excluding carboxylic acids is 2. The van der Waals surface area contributed by atoms with Crippen molar-refractivity contribution in [1.82, 2.24) is 20.1 Å². The van der Waals surface area contributed by atoms with Crippen LogP contribution in [0.3, 0.4) is 0 Å². The molecule has 2 N–H and O–H groups in total. The third-order valence-electron chi connectivity index (χ3n) is 7.17. The second kappa shape index (κ2) is 12.5. The quantitative estimate of drug-likeness (QED) is 0.265. The summed E-state index contributed by atoms with van der Waals surface area (Å²) in [5.41, 5.74) is 2.27. The number of halogens is 2. The zero-order valence-electron chi connectivity index (χ0n) is 23.1. The molecule has 0 saturated heterocycles. The maximum absolute atomic E-state index is 12.9. The first-order valence-corrected chi connectivity index (χ1v) is 15.6. The number of anilines is 1. The number of rotatable bonds is 8. The molecule has 1 aliphatic carbocycles. The molecule has 4 rings (SSSR count). The minimum atomic E-state index is -0.440. The average Bonchev–Trinajstić information content (AvgIpc) is 3.48. The maximum Gasteiger partial charge on any atom is 0.251 e. The predicted molar refractivity (Wildman–Crippen MR) is 161 cm³/mol. The number of benzene rings is 1. The van der Waals surface area contributed by atoms with Crippen LogP contribution in [-0.2, 0) is 24.2 Å². The summed E-state index contributed by atoms with van der Waals surface area (Å²) in [4.78, 5) is 26.9. The summed E-state index contributed by atoms with van der Waals surface area (Å²) in [6.45, 7) is 11.1. The number of nitriles is 1. The van der Waals surface area contributed by atoms with Crippen molar-refractivity contribution in [3.63, 3.8) is 0 Å². The Hall–Kier alpha value is -2.58. The number of fused-ring (bicyclic) bond motifs is 1. The van der Waals surface area contributed by atoms with E-state index in [2.05, 4.69) is 47.7 Å². The highest BCUT2D eigenvalue weighted by molar-refractivity contribution is 7.99. The van der Waals surface area contributed by atoms with Crippen LogP contribution in [0.4, 0.5) is 5.00 Å². The molecule has 0 fully saturated rings. The zero-order chi connectivity index (χ0) is 29.2. The number of hydrogen-bond acceptors (Lipinski definition) is 7. The van der Waals surface area contributed by atoms with Gasteiger partial charge in [0.2, 0.25) is 5.91 Å². The lowest BCUT2D eigenvalue weighted by Gasteiger charge is -2.33. The lowest BCUT2D eigenvalue weighted by Crippen LogP contribution is -2.28. The minimum absolute atomic E-state index is 0.111. The molecule has 2 amide bonds. The summed E-state index contributed by atoms with van der Waals surface area (Å²) in [6, 6.07) is 6.57. The standard InChI is InChI=1S/C28H32Cl2N6O2S2/c1-6-36-24(15(2)32-25(38)16-7-10-20(29)21(30)11-16)34-35-27(36)39-14-23(37)33-26-19(13-31)18-9-8-17(28(3,4)5)12-22(18)40-26/h7,10-11,15,17H,6,8-9,12,14H2,1-5H3,(H,32,38)(H,33,37)/t15-,17-/m1/s1. The molecule has 1 aromatic carbocycles. The summed E-state index contributed by atoms with van der Waals surface area (Å²) in [5, 5.41) is 26.1. The Morgan fingerprint density at radius 2 is 2.02 bits per heavy atom. The van der Waals surface area contributed by atoms with Gasteiger partial charge >= 0.3 is 0 Å². The van der Waals surface area contributed by atoms with E-state index in [1.54, 1.807) is 12.1 Å². The molecule has 212 valence electrons. The fourth-order valence-electron chi connectivity index (χ4n) is 4.83. The summed E-state index contributed by atoms with van der Waals surface area (Å²) >= 11 is 14.8. The van der Waals surface area contributed by atoms with Gasteiger partial charge in [-0.05, 0) is 68.2 Å². The highest BCUT2D eigenvalue weighted by Gasteiger charge is 2.32. The smallest absolute Gasteiger partial charge is 0.251 e. The Kier molecular flexibility index (Phi) is 9.51. The molecule has 8 nitrogen and oxygen atoms in total. The van der Waals surface area contributed by atoms with Crippen molar-refractivity contribution in [2.75, 3.05) is 11.1 Å². The van der Waals surface area contributed by atoms with Crippen LogP contribution < -0.4 is 10.6 Å². The second-order valence-corrected chi connectivity index (χ2v) is 13.7. The summed E-state index contributed by atoms with van der Waals surface area (Å²) in [6.07, 6.45) is 2.85. The average molecular weight is 620 g/mol. The van der Waals surface area contributed by atoms with E-state index in [1.165, 1.54) is 34.0 Å². The normalized spacial score (nSPS) is 15.7. The molecule has 0 spiro atoms. The van der Waals surface area contributed by atoms with Crippen molar-refractivity contribution in [3.05, 3.63) is 55.6 Å². The molecular weight excluding hydrogens is 587 g/mol. The van der Waals surface area contributed by atoms with Gasteiger partial charge in [-0.1, -0.05) is 55.7 Å². The molecule has 0 unspecified atom stereocenters. The van der Waals surface area contributed by atoms with Crippen LogP contribution in [0.25, 0.3) is 0 Å². The number of amides is 2. The number of thioether (sulfide) groups is 1. The number of nitrogens with one attached hydrogen (secondary N) is 2.